The molecule has 0 saturated carbocycles. The molecule has 1 amide bonds. The van der Waals surface area contributed by atoms with Gasteiger partial charge in [0.1, 0.15) is 0 Å². The van der Waals surface area contributed by atoms with Crippen molar-refractivity contribution in [3.05, 3.63) is 35.4 Å². The smallest absolute Gasteiger partial charge is 0.409 e. The molecule has 1 atom stereocenters. The Labute approximate surface area is 108 Å². The normalized spacial score (nSPS) is 18.9. The van der Waals surface area contributed by atoms with Gasteiger partial charge in [-0.2, -0.15) is 0 Å². The average molecular weight is 248 g/mol. The molecule has 0 aliphatic carbocycles. The first-order valence-corrected chi connectivity index (χ1v) is 6.23. The Morgan fingerprint density at radius 2 is 2.00 bits per heavy atom. The van der Waals surface area contributed by atoms with Crippen molar-refractivity contribution < 1.29 is 9.53 Å². The lowest BCUT2D eigenvalue weighted by atomic mass is 10.0. The summed E-state index contributed by atoms with van der Waals surface area (Å²) < 4.78 is 5.36. The molecule has 1 aliphatic heterocycles. The number of carbonyl (C=O) groups is 1. The highest BCUT2D eigenvalue weighted by molar-refractivity contribution is 5.68. The number of benzene rings is 1. The number of amides is 1. The van der Waals surface area contributed by atoms with Gasteiger partial charge in [0.25, 0.3) is 0 Å². The van der Waals surface area contributed by atoms with Crippen LogP contribution in [0.5, 0.6) is 0 Å². The first-order chi connectivity index (χ1) is 8.44. The van der Waals surface area contributed by atoms with Crippen molar-refractivity contribution in [2.75, 3.05) is 0 Å². The number of nitrogens with one attached hydrogen (secondary N) is 2. The van der Waals surface area contributed by atoms with Crippen LogP contribution in [-0.2, 0) is 17.7 Å². The lowest BCUT2D eigenvalue weighted by Crippen LogP contribution is -2.46. The molecule has 0 unspecified atom stereocenters. The first kappa shape index (κ1) is 12.9. The van der Waals surface area contributed by atoms with E-state index < -0.39 is 0 Å². The van der Waals surface area contributed by atoms with Gasteiger partial charge >= 0.3 is 6.09 Å². The topological polar surface area (TPSA) is 50.4 Å². The first-order valence-electron chi connectivity index (χ1n) is 6.23. The number of alkyl carbamates (subject to hydrolysis) is 1. The molecule has 1 aromatic rings. The fourth-order valence-corrected chi connectivity index (χ4v) is 1.97. The van der Waals surface area contributed by atoms with Crippen LogP contribution in [0, 0.1) is 0 Å². The molecule has 0 aromatic heterocycles. The third-order valence-corrected chi connectivity index (χ3v) is 2.77. The highest BCUT2D eigenvalue weighted by Gasteiger charge is 2.22. The summed E-state index contributed by atoms with van der Waals surface area (Å²) in [4.78, 5) is 11.7. The summed E-state index contributed by atoms with van der Waals surface area (Å²) in [5.74, 6) is 0. The molecule has 1 heterocycles. The van der Waals surface area contributed by atoms with E-state index in [1.165, 1.54) is 11.1 Å². The Bertz CT molecular complexity index is 438. The molecule has 0 fully saturated rings. The third kappa shape index (κ3) is 3.47. The Hall–Kier alpha value is -1.55. The molecule has 0 bridgehead atoms. The molecule has 1 aromatic carbocycles. The lowest BCUT2D eigenvalue weighted by molar-refractivity contribution is 0.0676. The molecular weight excluding hydrogens is 228 g/mol. The van der Waals surface area contributed by atoms with Gasteiger partial charge in [0.2, 0.25) is 0 Å². The lowest BCUT2D eigenvalue weighted by Gasteiger charge is -2.28. The van der Waals surface area contributed by atoms with E-state index in [1.54, 1.807) is 0 Å². The van der Waals surface area contributed by atoms with Gasteiger partial charge in [-0.1, -0.05) is 24.3 Å². The fraction of sp³-hybridized carbons (Fsp3) is 0.500. The van der Waals surface area contributed by atoms with Gasteiger partial charge in [0.05, 0.1) is 0 Å². The van der Waals surface area contributed by atoms with E-state index >= 15 is 0 Å². The highest BCUT2D eigenvalue weighted by atomic mass is 16.6. The van der Waals surface area contributed by atoms with E-state index in [1.807, 2.05) is 32.9 Å². The number of hydrogen-bond acceptors (Lipinski definition) is 3. The van der Waals surface area contributed by atoms with Gasteiger partial charge in [-0.05, 0) is 31.9 Å². The molecule has 0 saturated heterocycles. The summed E-state index contributed by atoms with van der Waals surface area (Å²) in [5, 5.41) is 6.00. The maximum Gasteiger partial charge on any atom is 0.409 e. The van der Waals surface area contributed by atoms with Crippen LogP contribution in [0.25, 0.3) is 0 Å². The van der Waals surface area contributed by atoms with Crippen molar-refractivity contribution >= 4 is 6.09 Å². The van der Waals surface area contributed by atoms with Gasteiger partial charge < -0.3 is 10.1 Å². The maximum atomic E-state index is 11.7. The highest BCUT2D eigenvalue weighted by Crippen LogP contribution is 2.16. The van der Waals surface area contributed by atoms with E-state index in [9.17, 15) is 4.79 Å². The van der Waals surface area contributed by atoms with Gasteiger partial charge in [-0.25, -0.2) is 4.79 Å². The fourth-order valence-electron chi connectivity index (χ4n) is 1.97. The van der Waals surface area contributed by atoms with Crippen LogP contribution < -0.4 is 10.6 Å². The van der Waals surface area contributed by atoms with Gasteiger partial charge in [0, 0.05) is 18.5 Å². The molecule has 98 valence electrons. The van der Waals surface area contributed by atoms with E-state index in [0.717, 1.165) is 6.54 Å². The number of fused-ring (bicyclic) bond motifs is 1. The molecular formula is C14H20N2O2. The molecule has 4 heteroatoms. The second-order valence-corrected chi connectivity index (χ2v) is 5.62. The number of hydrogen-bond donors (Lipinski definition) is 2. The van der Waals surface area contributed by atoms with Gasteiger partial charge in [0.15, 0.2) is 6.23 Å². The number of rotatable bonds is 1. The Morgan fingerprint density at radius 1 is 1.33 bits per heavy atom. The average Bonchev–Trinajstić information content (AvgIpc) is 2.26. The monoisotopic (exact) mass is 248 g/mol. The summed E-state index contributed by atoms with van der Waals surface area (Å²) in [5.41, 5.74) is 2.24. The summed E-state index contributed by atoms with van der Waals surface area (Å²) in [6.07, 6.45) is 0.0925. The van der Waals surface area contributed by atoms with Crippen LogP contribution in [-0.4, -0.2) is 17.9 Å². The minimum atomic E-state index is -0.376. The Balaban J connectivity index is 1.92. The van der Waals surface area contributed by atoms with Crippen LogP contribution >= 0.6 is 0 Å². The minimum Gasteiger partial charge on any atom is -0.430 e. The van der Waals surface area contributed by atoms with Crippen LogP contribution in [0.15, 0.2) is 24.3 Å². The van der Waals surface area contributed by atoms with Crippen molar-refractivity contribution in [1.29, 1.82) is 0 Å². The Morgan fingerprint density at radius 3 is 2.67 bits per heavy atom. The standard InChI is InChI=1S/C14H20N2O2/c1-14(2,3)16-13(17)18-12-8-10-6-4-5-7-11(10)9-15-12/h4-7,12,15H,8-9H2,1-3H3,(H,16,17)/t12-/m0/s1. The largest absolute Gasteiger partial charge is 0.430 e. The van der Waals surface area contributed by atoms with E-state index in [4.69, 9.17) is 4.74 Å². The molecule has 1 aliphatic rings. The van der Waals surface area contributed by atoms with Crippen molar-refractivity contribution in [1.82, 2.24) is 10.6 Å². The second-order valence-electron chi connectivity index (χ2n) is 5.62. The van der Waals surface area contributed by atoms with Gasteiger partial charge in [-0.15, -0.1) is 0 Å². The van der Waals surface area contributed by atoms with Crippen molar-refractivity contribution in [2.45, 2.75) is 45.5 Å². The third-order valence-electron chi connectivity index (χ3n) is 2.77. The molecule has 0 radical (unpaired) electrons. The Kier molecular flexibility index (Phi) is 3.57. The zero-order valence-electron chi connectivity index (χ0n) is 11.1. The van der Waals surface area contributed by atoms with Crippen LogP contribution in [0.4, 0.5) is 4.79 Å². The van der Waals surface area contributed by atoms with Crippen molar-refractivity contribution in [2.24, 2.45) is 0 Å². The predicted molar refractivity (Wildman–Crippen MR) is 70.1 cm³/mol. The predicted octanol–water partition coefficient (Wildman–Crippen LogP) is 2.18. The molecule has 18 heavy (non-hydrogen) atoms. The molecule has 0 spiro atoms. The van der Waals surface area contributed by atoms with Crippen molar-refractivity contribution in [3.8, 4) is 0 Å². The minimum absolute atomic E-state index is 0.248. The molecule has 2 rings (SSSR count). The second kappa shape index (κ2) is 4.98. The van der Waals surface area contributed by atoms with Gasteiger partial charge in [-0.3, -0.25) is 5.32 Å². The zero-order valence-corrected chi connectivity index (χ0v) is 11.1. The summed E-state index contributed by atoms with van der Waals surface area (Å²) >= 11 is 0. The van der Waals surface area contributed by atoms with Crippen LogP contribution in [0.3, 0.4) is 0 Å². The van der Waals surface area contributed by atoms with Crippen LogP contribution in [0.2, 0.25) is 0 Å². The SMILES string of the molecule is CC(C)(C)NC(=O)O[C@H]1Cc2ccccc2CN1. The van der Waals surface area contributed by atoms with E-state index in [0.29, 0.717) is 6.42 Å². The molecule has 4 nitrogen and oxygen atoms in total. The van der Waals surface area contributed by atoms with Crippen molar-refractivity contribution in [3.63, 3.8) is 0 Å². The summed E-state index contributed by atoms with van der Waals surface area (Å²) in [6, 6.07) is 8.20. The van der Waals surface area contributed by atoms with E-state index in [2.05, 4.69) is 22.8 Å². The zero-order chi connectivity index (χ0) is 13.2. The maximum absolute atomic E-state index is 11.7. The molecule has 2 N–H and O–H groups in total. The number of ether oxygens (including phenoxy) is 1. The van der Waals surface area contributed by atoms with Crippen LogP contribution in [0.1, 0.15) is 31.9 Å². The quantitative estimate of drug-likeness (QED) is 0.801. The van der Waals surface area contributed by atoms with E-state index in [-0.39, 0.29) is 17.9 Å². The summed E-state index contributed by atoms with van der Waals surface area (Å²) in [7, 11) is 0. The summed E-state index contributed by atoms with van der Waals surface area (Å²) in [6.45, 7) is 6.53. The number of carbonyl (C=O) groups excluding carboxylic acids is 1.